The van der Waals surface area contributed by atoms with E-state index in [-0.39, 0.29) is 30.3 Å². The van der Waals surface area contributed by atoms with Gasteiger partial charge in [-0.3, -0.25) is 9.59 Å². The van der Waals surface area contributed by atoms with Crippen molar-refractivity contribution < 1.29 is 9.59 Å². The van der Waals surface area contributed by atoms with Crippen LogP contribution in [0.4, 0.5) is 0 Å². The maximum absolute atomic E-state index is 12.1. The normalized spacial score (nSPS) is 16.3. The van der Waals surface area contributed by atoms with Crippen LogP contribution in [-0.4, -0.2) is 43.9 Å². The molecule has 2 N–H and O–H groups in total. The van der Waals surface area contributed by atoms with E-state index in [4.69, 9.17) is 0 Å². The van der Waals surface area contributed by atoms with E-state index in [1.54, 1.807) is 0 Å². The number of likely N-dealkylation sites (N-methyl/N-ethyl adjacent to an activating group) is 1. The predicted molar refractivity (Wildman–Crippen MR) is 105 cm³/mol. The van der Waals surface area contributed by atoms with E-state index in [1.807, 2.05) is 14.1 Å². The summed E-state index contributed by atoms with van der Waals surface area (Å²) in [5.74, 6) is -0.0199. The SMILES string of the molecule is CCc1ccc(C(CNC(=O)CNC(=O)C2CCCCC2)N(C)C)cc1. The molecule has 0 aromatic heterocycles. The third kappa shape index (κ3) is 6.13. The molecule has 1 fully saturated rings. The molecule has 144 valence electrons. The van der Waals surface area contributed by atoms with Crippen molar-refractivity contribution in [1.82, 2.24) is 15.5 Å². The molecule has 0 saturated heterocycles. The molecule has 0 radical (unpaired) electrons. The molecule has 5 nitrogen and oxygen atoms in total. The second kappa shape index (κ2) is 10.3. The molecule has 5 heteroatoms. The van der Waals surface area contributed by atoms with Crippen molar-refractivity contribution in [2.75, 3.05) is 27.2 Å². The molecule has 0 heterocycles. The molecule has 0 bridgehead atoms. The van der Waals surface area contributed by atoms with Crippen LogP contribution in [0.3, 0.4) is 0 Å². The van der Waals surface area contributed by atoms with Crippen molar-refractivity contribution in [2.45, 2.75) is 51.5 Å². The summed E-state index contributed by atoms with van der Waals surface area (Å²) in [5, 5.41) is 5.75. The van der Waals surface area contributed by atoms with Crippen molar-refractivity contribution >= 4 is 11.8 Å². The number of hydrogen-bond donors (Lipinski definition) is 2. The average Bonchev–Trinajstić information content (AvgIpc) is 2.67. The molecule has 26 heavy (non-hydrogen) atoms. The van der Waals surface area contributed by atoms with Crippen molar-refractivity contribution in [3.63, 3.8) is 0 Å². The van der Waals surface area contributed by atoms with E-state index in [2.05, 4.69) is 46.7 Å². The van der Waals surface area contributed by atoms with Gasteiger partial charge in [0.25, 0.3) is 0 Å². The number of nitrogens with zero attached hydrogens (tertiary/aromatic N) is 1. The van der Waals surface area contributed by atoms with Crippen molar-refractivity contribution in [2.24, 2.45) is 5.92 Å². The van der Waals surface area contributed by atoms with Gasteiger partial charge < -0.3 is 15.5 Å². The van der Waals surface area contributed by atoms with Crippen LogP contribution in [-0.2, 0) is 16.0 Å². The molecule has 1 aliphatic rings. The first-order valence-corrected chi connectivity index (χ1v) is 9.81. The van der Waals surface area contributed by atoms with Gasteiger partial charge in [0.2, 0.25) is 11.8 Å². The zero-order valence-electron chi connectivity index (χ0n) is 16.4. The van der Waals surface area contributed by atoms with Gasteiger partial charge in [0.05, 0.1) is 12.6 Å². The number of amides is 2. The Labute approximate surface area is 157 Å². The highest BCUT2D eigenvalue weighted by molar-refractivity contribution is 5.85. The van der Waals surface area contributed by atoms with Gasteiger partial charge in [0, 0.05) is 12.5 Å². The van der Waals surface area contributed by atoms with Gasteiger partial charge in [0.1, 0.15) is 0 Å². The van der Waals surface area contributed by atoms with Gasteiger partial charge >= 0.3 is 0 Å². The zero-order valence-corrected chi connectivity index (χ0v) is 16.4. The summed E-state index contributed by atoms with van der Waals surface area (Å²) in [6, 6.07) is 8.64. The molecule has 1 saturated carbocycles. The molecular formula is C21H33N3O2. The highest BCUT2D eigenvalue weighted by atomic mass is 16.2. The largest absolute Gasteiger partial charge is 0.353 e. The van der Waals surface area contributed by atoms with Crippen LogP contribution in [0, 0.1) is 5.92 Å². The van der Waals surface area contributed by atoms with E-state index in [1.165, 1.54) is 17.5 Å². The number of hydrogen-bond acceptors (Lipinski definition) is 3. The maximum atomic E-state index is 12.1. The lowest BCUT2D eigenvalue weighted by atomic mass is 9.89. The molecule has 1 aromatic carbocycles. The first-order valence-electron chi connectivity index (χ1n) is 9.81. The molecule has 2 rings (SSSR count). The molecule has 1 unspecified atom stereocenters. The highest BCUT2D eigenvalue weighted by Gasteiger charge is 2.21. The van der Waals surface area contributed by atoms with Gasteiger partial charge in [-0.25, -0.2) is 0 Å². The summed E-state index contributed by atoms with van der Waals surface area (Å²) < 4.78 is 0. The number of aryl methyl sites for hydroxylation is 1. The zero-order chi connectivity index (χ0) is 18.9. The van der Waals surface area contributed by atoms with Gasteiger partial charge in [-0.1, -0.05) is 50.5 Å². The van der Waals surface area contributed by atoms with E-state index >= 15 is 0 Å². The van der Waals surface area contributed by atoms with Crippen LogP contribution < -0.4 is 10.6 Å². The van der Waals surface area contributed by atoms with Crippen LogP contribution in [0.15, 0.2) is 24.3 Å². The molecule has 2 amide bonds. The van der Waals surface area contributed by atoms with Crippen LogP contribution in [0.5, 0.6) is 0 Å². The fraction of sp³-hybridized carbons (Fsp3) is 0.619. The van der Waals surface area contributed by atoms with Crippen molar-refractivity contribution in [1.29, 1.82) is 0 Å². The van der Waals surface area contributed by atoms with Crippen molar-refractivity contribution in [3.05, 3.63) is 35.4 Å². The van der Waals surface area contributed by atoms with Gasteiger partial charge in [-0.05, 0) is 44.5 Å². The van der Waals surface area contributed by atoms with Gasteiger partial charge in [-0.2, -0.15) is 0 Å². The Hall–Kier alpha value is -1.88. The number of carbonyl (C=O) groups is 2. The lowest BCUT2D eigenvalue weighted by Gasteiger charge is -2.25. The fourth-order valence-electron chi connectivity index (χ4n) is 3.52. The molecule has 0 aliphatic heterocycles. The lowest BCUT2D eigenvalue weighted by molar-refractivity contribution is -0.129. The maximum Gasteiger partial charge on any atom is 0.239 e. The van der Waals surface area contributed by atoms with E-state index in [0.717, 1.165) is 32.1 Å². The topological polar surface area (TPSA) is 61.4 Å². The smallest absolute Gasteiger partial charge is 0.239 e. The van der Waals surface area contributed by atoms with Crippen LogP contribution in [0.2, 0.25) is 0 Å². The Balaban J connectivity index is 1.80. The Bertz CT molecular complexity index is 577. The average molecular weight is 360 g/mol. The molecule has 1 aliphatic carbocycles. The fourth-order valence-corrected chi connectivity index (χ4v) is 3.52. The van der Waals surface area contributed by atoms with E-state index < -0.39 is 0 Å². The Morgan fingerprint density at radius 3 is 2.31 bits per heavy atom. The summed E-state index contributed by atoms with van der Waals surface area (Å²) in [4.78, 5) is 26.4. The minimum atomic E-state index is -0.133. The second-order valence-corrected chi connectivity index (χ2v) is 7.43. The predicted octanol–water partition coefficient (Wildman–Crippen LogP) is 2.66. The third-order valence-corrected chi connectivity index (χ3v) is 5.29. The Morgan fingerprint density at radius 2 is 1.73 bits per heavy atom. The van der Waals surface area contributed by atoms with E-state index in [9.17, 15) is 9.59 Å². The number of carbonyl (C=O) groups excluding carboxylic acids is 2. The standard InChI is InChI=1S/C21H33N3O2/c1-4-16-10-12-17(13-11-16)19(24(2)3)14-22-20(25)15-23-21(26)18-8-6-5-7-9-18/h10-13,18-19H,4-9,14-15H2,1-3H3,(H,22,25)(H,23,26). The number of nitrogens with one attached hydrogen (secondary N) is 2. The molecule has 0 spiro atoms. The third-order valence-electron chi connectivity index (χ3n) is 5.29. The summed E-state index contributed by atoms with van der Waals surface area (Å²) >= 11 is 0. The molecular weight excluding hydrogens is 326 g/mol. The second-order valence-electron chi connectivity index (χ2n) is 7.43. The van der Waals surface area contributed by atoms with Crippen molar-refractivity contribution in [3.8, 4) is 0 Å². The lowest BCUT2D eigenvalue weighted by Crippen LogP contribution is -2.42. The van der Waals surface area contributed by atoms with E-state index in [0.29, 0.717) is 6.54 Å². The first kappa shape index (κ1) is 20.4. The van der Waals surface area contributed by atoms with Crippen LogP contribution in [0.25, 0.3) is 0 Å². The minimum absolute atomic E-state index is 0.0270. The van der Waals surface area contributed by atoms with Gasteiger partial charge in [-0.15, -0.1) is 0 Å². The number of benzene rings is 1. The first-order chi connectivity index (χ1) is 12.5. The minimum Gasteiger partial charge on any atom is -0.353 e. The number of rotatable bonds is 8. The Morgan fingerprint density at radius 1 is 1.08 bits per heavy atom. The molecule has 1 atom stereocenters. The van der Waals surface area contributed by atoms with Crippen LogP contribution in [0.1, 0.15) is 56.2 Å². The quantitative estimate of drug-likeness (QED) is 0.750. The van der Waals surface area contributed by atoms with Crippen LogP contribution >= 0.6 is 0 Å². The summed E-state index contributed by atoms with van der Waals surface area (Å²) in [7, 11) is 4.02. The summed E-state index contributed by atoms with van der Waals surface area (Å²) in [5.41, 5.74) is 2.49. The molecule has 1 aromatic rings. The van der Waals surface area contributed by atoms with Gasteiger partial charge in [0.15, 0.2) is 0 Å². The monoisotopic (exact) mass is 359 g/mol. The highest BCUT2D eigenvalue weighted by Crippen LogP contribution is 2.23. The summed E-state index contributed by atoms with van der Waals surface area (Å²) in [6.45, 7) is 2.72. The summed E-state index contributed by atoms with van der Waals surface area (Å²) in [6.07, 6.45) is 6.37. The Kier molecular flexibility index (Phi) is 8.10.